The van der Waals surface area contributed by atoms with Gasteiger partial charge in [-0.05, 0) is 56.7 Å². The second-order valence-corrected chi connectivity index (χ2v) is 4.01. The lowest BCUT2D eigenvalue weighted by Gasteiger charge is -1.93. The van der Waals surface area contributed by atoms with E-state index >= 15 is 0 Å². The van der Waals surface area contributed by atoms with Crippen LogP contribution in [0.2, 0.25) is 5.02 Å². The summed E-state index contributed by atoms with van der Waals surface area (Å²) in [6.45, 7) is 0. The van der Waals surface area contributed by atoms with Crippen molar-refractivity contribution >= 4 is 50.1 Å². The molecule has 0 heterocycles. The van der Waals surface area contributed by atoms with Gasteiger partial charge < -0.3 is 0 Å². The van der Waals surface area contributed by atoms with Gasteiger partial charge in [-0.2, -0.15) is 0 Å². The SMILES string of the molecule is Clc1ccc(I)c(Br)c1. The zero-order chi connectivity index (χ0) is 6.85. The Kier molecular flexibility index (Phi) is 2.79. The van der Waals surface area contributed by atoms with Crippen molar-refractivity contribution in [2.45, 2.75) is 0 Å². The molecule has 0 aliphatic heterocycles. The topological polar surface area (TPSA) is 0 Å². The van der Waals surface area contributed by atoms with Crippen molar-refractivity contribution in [3.05, 3.63) is 31.3 Å². The fourth-order valence-corrected chi connectivity index (χ4v) is 1.49. The largest absolute Gasteiger partial charge is 0.0843 e. The van der Waals surface area contributed by atoms with Gasteiger partial charge in [-0.15, -0.1) is 0 Å². The molecule has 0 radical (unpaired) electrons. The molecule has 0 amide bonds. The second-order valence-electron chi connectivity index (χ2n) is 1.56. The molecule has 1 aromatic carbocycles. The van der Waals surface area contributed by atoms with Crippen molar-refractivity contribution in [2.75, 3.05) is 0 Å². The van der Waals surface area contributed by atoms with Crippen LogP contribution >= 0.6 is 50.1 Å². The van der Waals surface area contributed by atoms with Gasteiger partial charge in [0, 0.05) is 13.1 Å². The number of halogens is 3. The summed E-state index contributed by atoms with van der Waals surface area (Å²) < 4.78 is 2.23. The summed E-state index contributed by atoms with van der Waals surface area (Å²) in [5.41, 5.74) is 0. The van der Waals surface area contributed by atoms with Crippen LogP contribution in [-0.2, 0) is 0 Å². The monoisotopic (exact) mass is 316 g/mol. The van der Waals surface area contributed by atoms with Gasteiger partial charge in [-0.1, -0.05) is 11.6 Å². The Morgan fingerprint density at radius 1 is 1.44 bits per heavy atom. The first kappa shape index (κ1) is 7.82. The van der Waals surface area contributed by atoms with Crippen molar-refractivity contribution in [3.8, 4) is 0 Å². The van der Waals surface area contributed by atoms with Crippen LogP contribution in [0, 0.1) is 3.57 Å². The molecule has 0 unspecified atom stereocenters. The summed E-state index contributed by atoms with van der Waals surface area (Å²) >= 11 is 11.3. The molecule has 1 aromatic rings. The average molecular weight is 317 g/mol. The smallest absolute Gasteiger partial charge is 0.0417 e. The molecule has 0 bridgehead atoms. The minimum Gasteiger partial charge on any atom is -0.0843 e. The molecule has 3 heteroatoms. The zero-order valence-corrected chi connectivity index (χ0v) is 8.87. The van der Waals surface area contributed by atoms with Gasteiger partial charge >= 0.3 is 0 Å². The summed E-state index contributed by atoms with van der Waals surface area (Å²) in [4.78, 5) is 0. The summed E-state index contributed by atoms with van der Waals surface area (Å²) in [5.74, 6) is 0. The van der Waals surface area contributed by atoms with E-state index < -0.39 is 0 Å². The number of hydrogen-bond acceptors (Lipinski definition) is 0. The molecule has 0 fully saturated rings. The van der Waals surface area contributed by atoms with E-state index in [1.165, 1.54) is 3.57 Å². The molecule has 0 aromatic heterocycles. The molecular weight excluding hydrogens is 314 g/mol. The third-order valence-corrected chi connectivity index (χ3v) is 3.45. The Morgan fingerprint density at radius 2 is 2.11 bits per heavy atom. The molecule has 0 aliphatic rings. The van der Waals surface area contributed by atoms with E-state index in [4.69, 9.17) is 11.6 Å². The molecule has 0 N–H and O–H groups in total. The molecule has 1 rings (SSSR count). The molecule has 48 valence electrons. The van der Waals surface area contributed by atoms with Crippen LogP contribution in [0.15, 0.2) is 22.7 Å². The fraction of sp³-hybridized carbons (Fsp3) is 0. The molecule has 0 atom stereocenters. The van der Waals surface area contributed by atoms with Crippen LogP contribution < -0.4 is 0 Å². The van der Waals surface area contributed by atoms with Crippen molar-refractivity contribution in [2.24, 2.45) is 0 Å². The maximum Gasteiger partial charge on any atom is 0.0417 e. The van der Waals surface area contributed by atoms with E-state index in [0.29, 0.717) is 0 Å². The Morgan fingerprint density at radius 3 is 2.56 bits per heavy atom. The quantitative estimate of drug-likeness (QED) is 0.505. The van der Waals surface area contributed by atoms with Crippen molar-refractivity contribution in [1.82, 2.24) is 0 Å². The maximum absolute atomic E-state index is 5.68. The average Bonchev–Trinajstić information content (AvgIpc) is 1.80. The highest BCUT2D eigenvalue weighted by Crippen LogP contribution is 2.22. The zero-order valence-electron chi connectivity index (χ0n) is 4.37. The van der Waals surface area contributed by atoms with Gasteiger partial charge in [0.15, 0.2) is 0 Å². The van der Waals surface area contributed by atoms with Gasteiger partial charge in [-0.3, -0.25) is 0 Å². The van der Waals surface area contributed by atoms with Gasteiger partial charge in [0.2, 0.25) is 0 Å². The van der Waals surface area contributed by atoms with Crippen molar-refractivity contribution in [1.29, 1.82) is 0 Å². The summed E-state index contributed by atoms with van der Waals surface area (Å²) in [6, 6.07) is 5.71. The number of rotatable bonds is 0. The summed E-state index contributed by atoms with van der Waals surface area (Å²) in [6.07, 6.45) is 0. The van der Waals surface area contributed by atoms with E-state index in [-0.39, 0.29) is 0 Å². The van der Waals surface area contributed by atoms with E-state index in [1.54, 1.807) is 0 Å². The van der Waals surface area contributed by atoms with Crippen LogP contribution in [-0.4, -0.2) is 0 Å². The predicted molar refractivity (Wildman–Crippen MR) is 51.9 cm³/mol. The normalized spacial score (nSPS) is 9.67. The Hall–Kier alpha value is 0.720. The third-order valence-electron chi connectivity index (χ3n) is 0.882. The lowest BCUT2D eigenvalue weighted by atomic mass is 10.4. The van der Waals surface area contributed by atoms with Crippen LogP contribution in [0.1, 0.15) is 0 Å². The molecule has 0 aliphatic carbocycles. The highest BCUT2D eigenvalue weighted by atomic mass is 127. The third kappa shape index (κ3) is 2.09. The standard InChI is InChI=1S/C6H3BrClI/c7-5-3-4(8)1-2-6(5)9/h1-3H. The summed E-state index contributed by atoms with van der Waals surface area (Å²) in [7, 11) is 0. The molecule has 0 nitrogen and oxygen atoms in total. The Bertz CT molecular complexity index is 224. The van der Waals surface area contributed by atoms with Gasteiger partial charge in [0.25, 0.3) is 0 Å². The van der Waals surface area contributed by atoms with Gasteiger partial charge in [0.05, 0.1) is 0 Å². The molecular formula is C6H3BrClI. The Balaban J connectivity index is 3.17. The first-order valence-electron chi connectivity index (χ1n) is 2.30. The van der Waals surface area contributed by atoms with E-state index in [1.807, 2.05) is 18.2 Å². The van der Waals surface area contributed by atoms with Crippen LogP contribution in [0.4, 0.5) is 0 Å². The molecule has 9 heavy (non-hydrogen) atoms. The minimum absolute atomic E-state index is 0.766. The lowest BCUT2D eigenvalue weighted by Crippen LogP contribution is -1.71. The lowest BCUT2D eigenvalue weighted by molar-refractivity contribution is 1.59. The Labute approximate surface area is 80.9 Å². The molecule has 0 saturated heterocycles. The van der Waals surface area contributed by atoms with E-state index in [9.17, 15) is 0 Å². The first-order valence-corrected chi connectivity index (χ1v) is 4.55. The molecule has 0 saturated carbocycles. The molecule has 0 spiro atoms. The fourth-order valence-electron chi connectivity index (χ4n) is 0.470. The van der Waals surface area contributed by atoms with Crippen LogP contribution in [0.25, 0.3) is 0 Å². The van der Waals surface area contributed by atoms with Gasteiger partial charge in [0.1, 0.15) is 0 Å². The predicted octanol–water partition coefficient (Wildman–Crippen LogP) is 3.71. The highest BCUT2D eigenvalue weighted by Gasteiger charge is 1.93. The van der Waals surface area contributed by atoms with Crippen LogP contribution in [0.3, 0.4) is 0 Å². The van der Waals surface area contributed by atoms with Crippen molar-refractivity contribution in [3.63, 3.8) is 0 Å². The van der Waals surface area contributed by atoms with E-state index in [2.05, 4.69) is 38.5 Å². The maximum atomic E-state index is 5.68. The summed E-state index contributed by atoms with van der Waals surface area (Å²) in [5, 5.41) is 0.766. The number of hydrogen-bond donors (Lipinski definition) is 0. The number of benzene rings is 1. The van der Waals surface area contributed by atoms with E-state index in [0.717, 1.165) is 9.50 Å². The van der Waals surface area contributed by atoms with Crippen molar-refractivity contribution < 1.29 is 0 Å². The minimum atomic E-state index is 0.766. The first-order chi connectivity index (χ1) is 4.20. The van der Waals surface area contributed by atoms with Gasteiger partial charge in [-0.25, -0.2) is 0 Å². The van der Waals surface area contributed by atoms with Crippen LogP contribution in [0.5, 0.6) is 0 Å². The second kappa shape index (κ2) is 3.21. The highest BCUT2D eigenvalue weighted by molar-refractivity contribution is 14.1.